The number of carbonyl (C=O) groups excluding carboxylic acids is 1. The quantitative estimate of drug-likeness (QED) is 0.524. The minimum atomic E-state index is -1.95. The van der Waals surface area contributed by atoms with Gasteiger partial charge in [-0.2, -0.15) is 0 Å². The summed E-state index contributed by atoms with van der Waals surface area (Å²) in [5, 5.41) is 11.7. The summed E-state index contributed by atoms with van der Waals surface area (Å²) in [6, 6.07) is 15.6. The van der Waals surface area contributed by atoms with Crippen molar-refractivity contribution in [2.45, 2.75) is 12.2 Å². The molecule has 172 valence electrons. The number of cyclic esters (lactones) is 1. The lowest BCUT2D eigenvalue weighted by atomic mass is 9.88. The van der Waals surface area contributed by atoms with Crippen LogP contribution < -0.4 is 14.2 Å². The Kier molecular flexibility index (Phi) is 7.26. The highest BCUT2D eigenvalue weighted by molar-refractivity contribution is 6.20. The van der Waals surface area contributed by atoms with Gasteiger partial charge >= 0.3 is 5.97 Å². The summed E-state index contributed by atoms with van der Waals surface area (Å²) >= 11 is 0. The minimum absolute atomic E-state index is 0. The number of methoxy groups -OCH3 is 3. The first-order chi connectivity index (χ1) is 15.5. The van der Waals surface area contributed by atoms with Gasteiger partial charge in [-0.15, -0.1) is 12.4 Å². The molecule has 3 aromatic rings. The third-order valence-corrected chi connectivity index (χ3v) is 5.38. The van der Waals surface area contributed by atoms with Crippen LogP contribution in [0.25, 0.3) is 5.57 Å². The molecule has 0 aliphatic carbocycles. The summed E-state index contributed by atoms with van der Waals surface area (Å²) in [4.78, 5) is 17.3. The lowest BCUT2D eigenvalue weighted by Gasteiger charge is -2.25. The van der Waals surface area contributed by atoms with Crippen LogP contribution in [0.15, 0.2) is 72.6 Å². The molecule has 0 saturated carbocycles. The van der Waals surface area contributed by atoms with E-state index in [4.69, 9.17) is 18.9 Å². The highest BCUT2D eigenvalue weighted by atomic mass is 35.5. The normalized spacial score (nSPS) is 17.3. The topological polar surface area (TPSA) is 87.1 Å². The van der Waals surface area contributed by atoms with Crippen LogP contribution in [0, 0.1) is 0 Å². The molecule has 1 aliphatic heterocycles. The Balaban J connectivity index is 0.00000306. The minimum Gasteiger partial charge on any atom is -0.497 e. The second-order valence-corrected chi connectivity index (χ2v) is 7.25. The second-order valence-electron chi connectivity index (χ2n) is 7.25. The molecule has 0 bridgehead atoms. The highest BCUT2D eigenvalue weighted by Crippen LogP contribution is 2.45. The number of pyridine rings is 1. The van der Waals surface area contributed by atoms with E-state index in [2.05, 4.69) is 4.98 Å². The van der Waals surface area contributed by atoms with E-state index < -0.39 is 11.8 Å². The van der Waals surface area contributed by atoms with Crippen LogP contribution >= 0.6 is 12.4 Å². The van der Waals surface area contributed by atoms with Gasteiger partial charge < -0.3 is 24.1 Å². The van der Waals surface area contributed by atoms with Crippen LogP contribution in [0.1, 0.15) is 16.7 Å². The fraction of sp³-hybridized carbons (Fsp3) is 0.200. The molecule has 1 aromatic heterocycles. The van der Waals surface area contributed by atoms with Crippen molar-refractivity contribution in [3.05, 3.63) is 89.3 Å². The first kappa shape index (κ1) is 24.1. The van der Waals surface area contributed by atoms with E-state index in [1.807, 2.05) is 6.07 Å². The van der Waals surface area contributed by atoms with Crippen LogP contribution in [-0.4, -0.2) is 37.4 Å². The maximum atomic E-state index is 13.1. The lowest BCUT2D eigenvalue weighted by molar-refractivity contribution is -0.185. The van der Waals surface area contributed by atoms with Gasteiger partial charge in [0.25, 0.3) is 5.79 Å². The van der Waals surface area contributed by atoms with Crippen molar-refractivity contribution in [1.29, 1.82) is 0 Å². The van der Waals surface area contributed by atoms with E-state index in [0.29, 0.717) is 33.9 Å². The van der Waals surface area contributed by atoms with Crippen LogP contribution in [0.4, 0.5) is 0 Å². The van der Waals surface area contributed by atoms with Gasteiger partial charge in [-0.05, 0) is 53.6 Å². The zero-order chi connectivity index (χ0) is 22.7. The average molecular weight is 470 g/mol. The van der Waals surface area contributed by atoms with Crippen molar-refractivity contribution in [3.63, 3.8) is 0 Å². The SMILES string of the molecule is COc1ccc(C2(O)OC(=O)C(c3cc(OC)cc(OC)c3)=C2Cc2cccnc2)cc1.Cl. The molecule has 0 spiro atoms. The maximum absolute atomic E-state index is 13.1. The number of aliphatic hydroxyl groups is 1. The third kappa shape index (κ3) is 4.65. The molecular formula is C25H24ClNO6. The fourth-order valence-corrected chi connectivity index (χ4v) is 3.75. The predicted octanol–water partition coefficient (Wildman–Crippen LogP) is 3.93. The molecule has 2 aromatic carbocycles. The molecule has 2 heterocycles. The van der Waals surface area contributed by atoms with Gasteiger partial charge in [0, 0.05) is 36.0 Å². The molecular weight excluding hydrogens is 446 g/mol. The molecule has 0 amide bonds. The van der Waals surface area contributed by atoms with E-state index >= 15 is 0 Å². The Bertz CT molecular complexity index is 1140. The Hall–Kier alpha value is -3.55. The van der Waals surface area contributed by atoms with Crippen LogP contribution in [0.5, 0.6) is 17.2 Å². The van der Waals surface area contributed by atoms with Gasteiger partial charge in [0.05, 0.1) is 26.9 Å². The molecule has 1 aliphatic rings. The molecule has 1 unspecified atom stereocenters. The molecule has 4 rings (SSSR count). The molecule has 8 heteroatoms. The molecule has 0 saturated heterocycles. The number of halogens is 1. The van der Waals surface area contributed by atoms with E-state index in [0.717, 1.165) is 5.56 Å². The molecule has 1 atom stereocenters. The zero-order valence-electron chi connectivity index (χ0n) is 18.4. The molecule has 0 radical (unpaired) electrons. The third-order valence-electron chi connectivity index (χ3n) is 5.38. The van der Waals surface area contributed by atoms with Gasteiger partial charge in [0.15, 0.2) is 0 Å². The Morgan fingerprint density at radius 3 is 2.12 bits per heavy atom. The van der Waals surface area contributed by atoms with Gasteiger partial charge in [0.2, 0.25) is 0 Å². The number of rotatable bonds is 7. The maximum Gasteiger partial charge on any atom is 0.342 e. The zero-order valence-corrected chi connectivity index (χ0v) is 19.2. The average Bonchev–Trinajstić information content (AvgIpc) is 3.09. The van der Waals surface area contributed by atoms with Crippen molar-refractivity contribution in [3.8, 4) is 17.2 Å². The first-order valence-corrected chi connectivity index (χ1v) is 9.94. The van der Waals surface area contributed by atoms with Gasteiger partial charge in [-0.3, -0.25) is 4.98 Å². The summed E-state index contributed by atoms with van der Waals surface area (Å²) in [5.74, 6) is -0.944. The highest BCUT2D eigenvalue weighted by Gasteiger charge is 2.48. The molecule has 7 nitrogen and oxygen atoms in total. The summed E-state index contributed by atoms with van der Waals surface area (Å²) in [7, 11) is 4.62. The van der Waals surface area contributed by atoms with Crippen molar-refractivity contribution in [2.24, 2.45) is 0 Å². The fourth-order valence-electron chi connectivity index (χ4n) is 3.75. The second kappa shape index (κ2) is 9.94. The van der Waals surface area contributed by atoms with Crippen LogP contribution in [0.3, 0.4) is 0 Å². The summed E-state index contributed by atoms with van der Waals surface area (Å²) in [6.45, 7) is 0. The number of esters is 1. The summed E-state index contributed by atoms with van der Waals surface area (Å²) < 4.78 is 21.6. The smallest absolute Gasteiger partial charge is 0.342 e. The van der Waals surface area contributed by atoms with Crippen LogP contribution in [-0.2, 0) is 21.7 Å². The number of benzene rings is 2. The molecule has 33 heavy (non-hydrogen) atoms. The summed E-state index contributed by atoms with van der Waals surface area (Å²) in [5.41, 5.74) is 2.41. The van der Waals surface area contributed by atoms with E-state index in [1.165, 1.54) is 14.2 Å². The van der Waals surface area contributed by atoms with Gasteiger partial charge in [0.1, 0.15) is 17.2 Å². The van der Waals surface area contributed by atoms with E-state index in [9.17, 15) is 9.90 Å². The Morgan fingerprint density at radius 2 is 1.58 bits per heavy atom. The van der Waals surface area contributed by atoms with Crippen molar-refractivity contribution < 1.29 is 28.8 Å². The van der Waals surface area contributed by atoms with Gasteiger partial charge in [-0.25, -0.2) is 4.79 Å². The number of carbonyl (C=O) groups is 1. The van der Waals surface area contributed by atoms with Crippen LogP contribution in [0.2, 0.25) is 0 Å². The Labute approximate surface area is 198 Å². The van der Waals surface area contributed by atoms with Gasteiger partial charge in [-0.1, -0.05) is 6.07 Å². The number of aromatic nitrogens is 1. The van der Waals surface area contributed by atoms with E-state index in [1.54, 1.807) is 68.0 Å². The number of ether oxygens (including phenoxy) is 4. The number of hydrogen-bond acceptors (Lipinski definition) is 7. The predicted molar refractivity (Wildman–Crippen MR) is 125 cm³/mol. The first-order valence-electron chi connectivity index (χ1n) is 9.94. The van der Waals surface area contributed by atoms with E-state index in [-0.39, 0.29) is 24.4 Å². The number of hydrogen-bond donors (Lipinski definition) is 1. The van der Waals surface area contributed by atoms with Crippen molar-refractivity contribution in [2.75, 3.05) is 21.3 Å². The largest absolute Gasteiger partial charge is 0.497 e. The van der Waals surface area contributed by atoms with Crippen molar-refractivity contribution in [1.82, 2.24) is 4.98 Å². The monoisotopic (exact) mass is 469 g/mol. The lowest BCUT2D eigenvalue weighted by Crippen LogP contribution is -2.29. The number of nitrogens with zero attached hydrogens (tertiary/aromatic N) is 1. The summed E-state index contributed by atoms with van der Waals surface area (Å²) in [6.07, 6.45) is 3.60. The van der Waals surface area contributed by atoms with Crippen molar-refractivity contribution >= 4 is 23.9 Å². The molecule has 0 fully saturated rings. The molecule has 1 N–H and O–H groups in total. The standard InChI is InChI=1S/C25H23NO6.ClH/c1-29-19-8-6-18(7-9-19)25(28)22(11-16-5-4-10-26-15-16)23(24(27)32-25)17-12-20(30-2)14-21(13-17)31-3;/h4-10,12-15,28H,11H2,1-3H3;1H. The Morgan fingerprint density at radius 1 is 0.939 bits per heavy atom.